The minimum atomic E-state index is -0.359. The Labute approximate surface area is 208 Å². The van der Waals surface area contributed by atoms with Crippen LogP contribution in [0, 0.1) is 23.0 Å². The zero-order valence-corrected chi connectivity index (χ0v) is 20.5. The molecule has 3 rings (SSSR count). The number of aryl methyl sites for hydroxylation is 1. The van der Waals surface area contributed by atoms with E-state index in [1.165, 1.54) is 22.9 Å². The highest BCUT2D eigenvalue weighted by Gasteiger charge is 2.16. The monoisotopic (exact) mass is 565 g/mol. The second kappa shape index (κ2) is 12.7. The Bertz CT molecular complexity index is 1120. The van der Waals surface area contributed by atoms with E-state index < -0.39 is 0 Å². The first-order chi connectivity index (χ1) is 15.5. The summed E-state index contributed by atoms with van der Waals surface area (Å²) in [6.45, 7) is 1.13. The van der Waals surface area contributed by atoms with Crippen molar-refractivity contribution in [1.29, 1.82) is 5.26 Å². The van der Waals surface area contributed by atoms with Crippen LogP contribution in [0.5, 0.6) is 0 Å². The van der Waals surface area contributed by atoms with Gasteiger partial charge in [0.25, 0.3) is 0 Å². The topological polar surface area (TPSA) is 104 Å². The van der Waals surface area contributed by atoms with Crippen LogP contribution < -0.4 is 16.4 Å². The van der Waals surface area contributed by atoms with Crippen molar-refractivity contribution in [2.45, 2.75) is 19.3 Å². The van der Waals surface area contributed by atoms with Crippen LogP contribution in [0.3, 0.4) is 0 Å². The highest BCUT2D eigenvalue weighted by atomic mass is 127. The number of halogens is 3. The van der Waals surface area contributed by atoms with E-state index in [2.05, 4.69) is 26.8 Å². The van der Waals surface area contributed by atoms with Gasteiger partial charge in [-0.15, -0.1) is 24.0 Å². The van der Waals surface area contributed by atoms with Crippen molar-refractivity contribution < 1.29 is 8.78 Å². The van der Waals surface area contributed by atoms with Crippen LogP contribution in [-0.4, -0.2) is 35.9 Å². The van der Waals surface area contributed by atoms with E-state index in [0.29, 0.717) is 60.8 Å². The molecule has 7 nitrogen and oxygen atoms in total. The van der Waals surface area contributed by atoms with Crippen molar-refractivity contribution in [2.24, 2.45) is 4.99 Å². The van der Waals surface area contributed by atoms with Gasteiger partial charge in [-0.25, -0.2) is 13.5 Å². The zero-order chi connectivity index (χ0) is 22.9. The van der Waals surface area contributed by atoms with E-state index in [1.807, 2.05) is 6.07 Å². The van der Waals surface area contributed by atoms with E-state index in [9.17, 15) is 14.0 Å². The van der Waals surface area contributed by atoms with Crippen molar-refractivity contribution in [2.75, 3.05) is 25.9 Å². The molecule has 4 N–H and O–H groups in total. The molecule has 2 aromatic carbocycles. The number of rotatable bonds is 8. The molecule has 10 heteroatoms. The summed E-state index contributed by atoms with van der Waals surface area (Å²) in [5, 5.41) is 20.3. The first-order valence-corrected chi connectivity index (χ1v) is 10.2. The number of anilines is 1. The highest BCUT2D eigenvalue weighted by molar-refractivity contribution is 14.0. The summed E-state index contributed by atoms with van der Waals surface area (Å²) >= 11 is 0. The molecule has 0 unspecified atom stereocenters. The average molecular weight is 565 g/mol. The summed E-state index contributed by atoms with van der Waals surface area (Å²) in [5.74, 6) is 0.262. The number of nitrogens with two attached hydrogens (primary N) is 1. The van der Waals surface area contributed by atoms with E-state index in [4.69, 9.17) is 5.73 Å². The van der Waals surface area contributed by atoms with Gasteiger partial charge in [0.05, 0.1) is 11.4 Å². The Morgan fingerprint density at radius 3 is 2.45 bits per heavy atom. The predicted molar refractivity (Wildman–Crippen MR) is 136 cm³/mol. The van der Waals surface area contributed by atoms with Crippen molar-refractivity contribution in [3.05, 3.63) is 77.0 Å². The molecule has 0 fully saturated rings. The summed E-state index contributed by atoms with van der Waals surface area (Å²) in [7, 11) is 1.66. The number of nitrogens with zero attached hydrogens (tertiary/aromatic N) is 4. The van der Waals surface area contributed by atoms with Gasteiger partial charge in [0.15, 0.2) is 5.96 Å². The van der Waals surface area contributed by atoms with Gasteiger partial charge in [-0.2, -0.15) is 10.4 Å². The molecule has 0 saturated carbocycles. The standard InChI is InChI=1S/C23H25F2N7.HI/c1-28-23(30-14-12-16-5-2-3-6-20(16)25)29-13-4-7-21-19(15-26)22(27)32(31-21)18-10-8-17(24)9-11-18;/h2-3,5-6,8-11H,4,7,12-14,27H2,1H3,(H2,28,29,30);1H. The molecule has 0 spiro atoms. The average Bonchev–Trinajstić information content (AvgIpc) is 3.12. The third-order valence-corrected chi connectivity index (χ3v) is 4.93. The maximum absolute atomic E-state index is 13.7. The smallest absolute Gasteiger partial charge is 0.190 e. The molecular weight excluding hydrogens is 539 g/mol. The lowest BCUT2D eigenvalue weighted by atomic mass is 10.1. The molecule has 0 saturated heterocycles. The van der Waals surface area contributed by atoms with Crippen LogP contribution in [-0.2, 0) is 12.8 Å². The minimum absolute atomic E-state index is 0. The number of nitrogens with one attached hydrogen (secondary N) is 2. The molecule has 0 radical (unpaired) electrons. The van der Waals surface area contributed by atoms with Crippen molar-refractivity contribution >= 4 is 35.8 Å². The summed E-state index contributed by atoms with van der Waals surface area (Å²) in [5.41, 5.74) is 8.22. The Kier molecular flexibility index (Phi) is 10.1. The normalized spacial score (nSPS) is 10.9. The molecule has 1 aromatic heterocycles. The van der Waals surface area contributed by atoms with E-state index in [0.717, 1.165) is 0 Å². The molecular formula is C23H26F2IN7. The lowest BCUT2D eigenvalue weighted by Crippen LogP contribution is -2.38. The number of hydrogen-bond acceptors (Lipinski definition) is 4. The first kappa shape index (κ1) is 26.1. The molecule has 0 aliphatic carbocycles. The van der Waals surface area contributed by atoms with E-state index in [1.54, 1.807) is 31.3 Å². The van der Waals surface area contributed by atoms with Crippen LogP contribution >= 0.6 is 24.0 Å². The molecule has 0 bridgehead atoms. The van der Waals surface area contributed by atoms with E-state index in [-0.39, 0.29) is 41.4 Å². The van der Waals surface area contributed by atoms with Crippen LogP contribution in [0.2, 0.25) is 0 Å². The molecule has 3 aromatic rings. The molecule has 0 amide bonds. The largest absolute Gasteiger partial charge is 0.382 e. The van der Waals surface area contributed by atoms with Crippen LogP contribution in [0.1, 0.15) is 23.2 Å². The summed E-state index contributed by atoms with van der Waals surface area (Å²) in [4.78, 5) is 4.16. The maximum Gasteiger partial charge on any atom is 0.190 e. The Balaban J connectivity index is 0.00000385. The number of benzene rings is 2. The minimum Gasteiger partial charge on any atom is -0.382 e. The predicted octanol–water partition coefficient (Wildman–Crippen LogP) is 3.56. The van der Waals surface area contributed by atoms with Crippen molar-refractivity contribution in [1.82, 2.24) is 20.4 Å². The van der Waals surface area contributed by atoms with Gasteiger partial charge in [0, 0.05) is 20.1 Å². The Hall–Kier alpha value is -3.20. The fourth-order valence-electron chi connectivity index (χ4n) is 3.25. The highest BCUT2D eigenvalue weighted by Crippen LogP contribution is 2.21. The zero-order valence-electron chi connectivity index (χ0n) is 18.2. The lowest BCUT2D eigenvalue weighted by molar-refractivity contribution is 0.606. The van der Waals surface area contributed by atoms with Crippen LogP contribution in [0.25, 0.3) is 5.69 Å². The lowest BCUT2D eigenvalue weighted by Gasteiger charge is -2.12. The van der Waals surface area contributed by atoms with Gasteiger partial charge >= 0.3 is 0 Å². The summed E-state index contributed by atoms with van der Waals surface area (Å²) in [6.07, 6.45) is 1.75. The number of nitriles is 1. The van der Waals surface area contributed by atoms with Gasteiger partial charge in [-0.05, 0) is 55.2 Å². The fraction of sp³-hybridized carbons (Fsp3) is 0.261. The SMILES string of the molecule is CN=C(NCCCc1nn(-c2ccc(F)cc2)c(N)c1C#N)NCCc1ccccc1F.I. The molecule has 0 atom stereocenters. The third kappa shape index (κ3) is 6.89. The number of aliphatic imine (C=N–C) groups is 1. The van der Waals surface area contributed by atoms with Gasteiger partial charge in [0.1, 0.15) is 29.1 Å². The van der Waals surface area contributed by atoms with Crippen LogP contribution in [0.4, 0.5) is 14.6 Å². The number of aromatic nitrogens is 2. The summed E-state index contributed by atoms with van der Waals surface area (Å²) in [6, 6.07) is 14.5. The first-order valence-electron chi connectivity index (χ1n) is 10.2. The van der Waals surface area contributed by atoms with Crippen molar-refractivity contribution in [3.8, 4) is 11.8 Å². The summed E-state index contributed by atoms with van der Waals surface area (Å²) < 4.78 is 28.3. The van der Waals surface area contributed by atoms with Gasteiger partial charge in [-0.1, -0.05) is 18.2 Å². The number of hydrogen-bond donors (Lipinski definition) is 3. The molecule has 33 heavy (non-hydrogen) atoms. The molecule has 1 heterocycles. The number of nitrogen functional groups attached to an aromatic ring is 1. The fourth-order valence-corrected chi connectivity index (χ4v) is 3.25. The Morgan fingerprint density at radius 2 is 1.79 bits per heavy atom. The molecule has 174 valence electrons. The number of guanidine groups is 1. The molecule has 0 aliphatic heterocycles. The van der Waals surface area contributed by atoms with Gasteiger partial charge in [0.2, 0.25) is 0 Å². The second-order valence-electron chi connectivity index (χ2n) is 7.08. The third-order valence-electron chi connectivity index (χ3n) is 4.93. The maximum atomic E-state index is 13.7. The van der Waals surface area contributed by atoms with E-state index >= 15 is 0 Å². The van der Waals surface area contributed by atoms with Crippen LogP contribution in [0.15, 0.2) is 53.5 Å². The quantitative estimate of drug-likeness (QED) is 0.168. The molecule has 0 aliphatic rings. The van der Waals surface area contributed by atoms with Crippen molar-refractivity contribution in [3.63, 3.8) is 0 Å². The Morgan fingerprint density at radius 1 is 1.09 bits per heavy atom. The van der Waals surface area contributed by atoms with Gasteiger partial charge in [-0.3, -0.25) is 4.99 Å². The van der Waals surface area contributed by atoms with Gasteiger partial charge < -0.3 is 16.4 Å². The second-order valence-corrected chi connectivity index (χ2v) is 7.08.